The van der Waals surface area contributed by atoms with Crippen LogP contribution in [0, 0.1) is 0 Å². The molecule has 0 aromatic carbocycles. The monoisotopic (exact) mass is 260 g/mol. The lowest BCUT2D eigenvalue weighted by Gasteiger charge is -2.02. The number of hydrogen-bond donors (Lipinski definition) is 0. The van der Waals surface area contributed by atoms with Crippen LogP contribution in [0.3, 0.4) is 0 Å². The Bertz CT molecular complexity index is 492. The molecule has 3 nitrogen and oxygen atoms in total. The van der Waals surface area contributed by atoms with Crippen molar-refractivity contribution in [2.75, 3.05) is 0 Å². The van der Waals surface area contributed by atoms with E-state index in [1.165, 1.54) is 17.5 Å². The predicted molar refractivity (Wildman–Crippen MR) is 61.1 cm³/mol. The molecule has 0 spiro atoms. The summed E-state index contributed by atoms with van der Waals surface area (Å²) in [7, 11) is 0. The van der Waals surface area contributed by atoms with E-state index < -0.39 is 0 Å². The van der Waals surface area contributed by atoms with E-state index in [2.05, 4.69) is 4.98 Å². The van der Waals surface area contributed by atoms with Crippen LogP contribution < -0.4 is 0 Å². The maximum Gasteiger partial charge on any atom is 0.168 e. The number of thiophene rings is 1. The number of nitrogens with zero attached hydrogens (tertiary/aromatic N) is 2. The molecule has 15 heavy (non-hydrogen) atoms. The average Bonchev–Trinajstić information content (AvgIpc) is 2.74. The van der Waals surface area contributed by atoms with Crippen molar-refractivity contribution in [3.63, 3.8) is 0 Å². The van der Waals surface area contributed by atoms with Crippen molar-refractivity contribution in [3.05, 3.63) is 38.5 Å². The lowest BCUT2D eigenvalue weighted by atomic mass is 10.3. The zero-order chi connectivity index (χ0) is 10.8. The van der Waals surface area contributed by atoms with Gasteiger partial charge in [0.1, 0.15) is 5.69 Å². The molecule has 0 amide bonds. The maximum atomic E-state index is 10.7. The fourth-order valence-electron chi connectivity index (χ4n) is 1.23. The number of rotatable bonds is 3. The van der Waals surface area contributed by atoms with Gasteiger partial charge < -0.3 is 4.57 Å². The van der Waals surface area contributed by atoms with E-state index in [0.29, 0.717) is 20.9 Å². The second-order valence-electron chi connectivity index (χ2n) is 2.91. The van der Waals surface area contributed by atoms with E-state index in [0.717, 1.165) is 11.8 Å². The number of imidazole rings is 1. The van der Waals surface area contributed by atoms with Gasteiger partial charge in [0.05, 0.1) is 27.7 Å². The Labute approximate surface area is 100 Å². The number of halogens is 2. The minimum absolute atomic E-state index is 0.510. The van der Waals surface area contributed by atoms with Crippen molar-refractivity contribution in [2.45, 2.75) is 6.54 Å². The third-order valence-corrected chi connectivity index (χ3v) is 3.50. The minimum atomic E-state index is 0.510. The summed E-state index contributed by atoms with van der Waals surface area (Å²) in [4.78, 5) is 14.5. The SMILES string of the molecule is O=Cc1cncn1Cc1cc(Cl)sc1Cl. The summed E-state index contributed by atoms with van der Waals surface area (Å²) >= 11 is 13.1. The Morgan fingerprint density at radius 2 is 2.33 bits per heavy atom. The van der Waals surface area contributed by atoms with Gasteiger partial charge in [0.15, 0.2) is 6.29 Å². The van der Waals surface area contributed by atoms with Gasteiger partial charge in [-0.05, 0) is 6.07 Å². The van der Waals surface area contributed by atoms with Crippen LogP contribution in [-0.4, -0.2) is 15.8 Å². The second-order valence-corrected chi connectivity index (χ2v) is 5.20. The van der Waals surface area contributed by atoms with Gasteiger partial charge in [-0.15, -0.1) is 11.3 Å². The first-order valence-corrected chi connectivity index (χ1v) is 5.67. The number of hydrogen-bond acceptors (Lipinski definition) is 3. The Kier molecular flexibility index (Phi) is 3.09. The van der Waals surface area contributed by atoms with Gasteiger partial charge in [0, 0.05) is 5.56 Å². The Hall–Kier alpha value is -0.840. The molecule has 0 N–H and O–H groups in total. The van der Waals surface area contributed by atoms with Crippen LogP contribution in [0.15, 0.2) is 18.6 Å². The Balaban J connectivity index is 2.29. The molecule has 2 rings (SSSR count). The van der Waals surface area contributed by atoms with Gasteiger partial charge in [-0.2, -0.15) is 0 Å². The number of aromatic nitrogens is 2. The molecule has 2 aromatic heterocycles. The molecule has 0 unspecified atom stereocenters. The van der Waals surface area contributed by atoms with Crippen LogP contribution in [0.5, 0.6) is 0 Å². The molecule has 2 aromatic rings. The highest BCUT2D eigenvalue weighted by atomic mass is 35.5. The summed E-state index contributed by atoms with van der Waals surface area (Å²) in [6, 6.07) is 1.79. The zero-order valence-electron chi connectivity index (χ0n) is 7.48. The van der Waals surface area contributed by atoms with Gasteiger partial charge in [0.2, 0.25) is 0 Å². The van der Waals surface area contributed by atoms with E-state index in [1.54, 1.807) is 17.0 Å². The van der Waals surface area contributed by atoms with Crippen molar-refractivity contribution in [2.24, 2.45) is 0 Å². The van der Waals surface area contributed by atoms with Crippen molar-refractivity contribution in [1.29, 1.82) is 0 Å². The predicted octanol–water partition coefficient (Wildman–Crippen LogP) is 3.11. The van der Waals surface area contributed by atoms with Gasteiger partial charge in [-0.25, -0.2) is 4.98 Å². The molecule has 0 saturated heterocycles. The highest BCUT2D eigenvalue weighted by Crippen LogP contribution is 2.31. The molecular weight excluding hydrogens is 255 g/mol. The molecule has 2 heterocycles. The number of carbonyl (C=O) groups excluding carboxylic acids is 1. The molecule has 0 atom stereocenters. The van der Waals surface area contributed by atoms with E-state index in [9.17, 15) is 4.79 Å². The fourth-order valence-corrected chi connectivity index (χ4v) is 2.70. The largest absolute Gasteiger partial charge is 0.324 e. The number of aldehydes is 1. The van der Waals surface area contributed by atoms with E-state index in [-0.39, 0.29) is 0 Å². The molecule has 0 fully saturated rings. The van der Waals surface area contributed by atoms with E-state index in [1.807, 2.05) is 0 Å². The first-order valence-electron chi connectivity index (χ1n) is 4.09. The smallest absolute Gasteiger partial charge is 0.168 e. The van der Waals surface area contributed by atoms with Crippen LogP contribution in [0.25, 0.3) is 0 Å². The minimum Gasteiger partial charge on any atom is -0.324 e. The zero-order valence-corrected chi connectivity index (χ0v) is 9.81. The van der Waals surface area contributed by atoms with Gasteiger partial charge >= 0.3 is 0 Å². The Morgan fingerprint density at radius 3 is 2.93 bits per heavy atom. The fraction of sp³-hybridized carbons (Fsp3) is 0.111. The van der Waals surface area contributed by atoms with Crippen LogP contribution in [0.4, 0.5) is 0 Å². The van der Waals surface area contributed by atoms with Crippen molar-refractivity contribution in [3.8, 4) is 0 Å². The summed E-state index contributed by atoms with van der Waals surface area (Å²) in [6.45, 7) is 0.510. The lowest BCUT2D eigenvalue weighted by molar-refractivity contribution is 0.111. The van der Waals surface area contributed by atoms with Crippen LogP contribution in [0.2, 0.25) is 8.67 Å². The first-order chi connectivity index (χ1) is 7.20. The van der Waals surface area contributed by atoms with Crippen LogP contribution >= 0.6 is 34.5 Å². The third kappa shape index (κ3) is 2.22. The summed E-state index contributed by atoms with van der Waals surface area (Å²) in [5.74, 6) is 0. The summed E-state index contributed by atoms with van der Waals surface area (Å²) in [5.41, 5.74) is 1.42. The second kappa shape index (κ2) is 4.35. The van der Waals surface area contributed by atoms with Crippen LogP contribution in [-0.2, 0) is 6.54 Å². The van der Waals surface area contributed by atoms with Crippen molar-refractivity contribution < 1.29 is 4.79 Å². The average molecular weight is 261 g/mol. The Morgan fingerprint density at radius 1 is 1.53 bits per heavy atom. The molecule has 0 aliphatic heterocycles. The lowest BCUT2D eigenvalue weighted by Crippen LogP contribution is -2.01. The molecule has 0 aliphatic rings. The van der Waals surface area contributed by atoms with Gasteiger partial charge in [0.25, 0.3) is 0 Å². The molecule has 6 heteroatoms. The van der Waals surface area contributed by atoms with E-state index >= 15 is 0 Å². The third-order valence-electron chi connectivity index (χ3n) is 1.93. The summed E-state index contributed by atoms with van der Waals surface area (Å²) < 4.78 is 3.00. The quantitative estimate of drug-likeness (QED) is 0.795. The molecule has 0 radical (unpaired) electrons. The first kappa shape index (κ1) is 10.7. The molecule has 0 bridgehead atoms. The van der Waals surface area contributed by atoms with Crippen molar-refractivity contribution in [1.82, 2.24) is 9.55 Å². The molecule has 0 aliphatic carbocycles. The van der Waals surface area contributed by atoms with Gasteiger partial charge in [-0.1, -0.05) is 23.2 Å². The maximum absolute atomic E-state index is 10.7. The highest BCUT2D eigenvalue weighted by molar-refractivity contribution is 7.20. The summed E-state index contributed by atoms with van der Waals surface area (Å²) in [5, 5.41) is 0. The normalized spacial score (nSPS) is 10.5. The van der Waals surface area contributed by atoms with Crippen LogP contribution in [0.1, 0.15) is 16.1 Å². The molecule has 0 saturated carbocycles. The molecule has 78 valence electrons. The molecular formula is C9H6Cl2N2OS. The number of carbonyl (C=O) groups is 1. The van der Waals surface area contributed by atoms with Crippen molar-refractivity contribution >= 4 is 40.8 Å². The topological polar surface area (TPSA) is 34.9 Å². The van der Waals surface area contributed by atoms with Gasteiger partial charge in [-0.3, -0.25) is 4.79 Å². The van der Waals surface area contributed by atoms with E-state index in [4.69, 9.17) is 23.2 Å². The standard InChI is InChI=1S/C9H6Cl2N2OS/c10-8-1-6(9(11)15-8)3-13-5-12-2-7(13)4-14/h1-2,4-5H,3H2. The highest BCUT2D eigenvalue weighted by Gasteiger charge is 2.08. The summed E-state index contributed by atoms with van der Waals surface area (Å²) in [6.07, 6.45) is 3.86.